The largest absolute Gasteiger partial charge is 0.122 e. The molecule has 48 valence electrons. The molecule has 0 aliphatic heterocycles. The molecule has 0 aliphatic rings. The second kappa shape index (κ2) is 5.17. The van der Waals surface area contributed by atoms with Gasteiger partial charge in [0.1, 0.15) is 0 Å². The van der Waals surface area contributed by atoms with E-state index in [1.165, 1.54) is 18.4 Å². The fourth-order valence-electron chi connectivity index (χ4n) is 0.445. The number of rotatable bonds is 3. The van der Waals surface area contributed by atoms with Crippen LogP contribution in [-0.4, -0.2) is 5.88 Å². The molecule has 0 heterocycles. The zero-order valence-corrected chi connectivity index (χ0v) is 6.33. The summed E-state index contributed by atoms with van der Waals surface area (Å²) in [6.45, 7) is 4.22. The molecule has 0 fully saturated rings. The molecule has 0 rings (SSSR count). The van der Waals surface area contributed by atoms with Gasteiger partial charge in [0.2, 0.25) is 0 Å². The van der Waals surface area contributed by atoms with Crippen LogP contribution in [0, 0.1) is 0 Å². The third-order valence-electron chi connectivity index (χ3n) is 0.992. The van der Waals surface area contributed by atoms with Crippen molar-refractivity contribution < 1.29 is 0 Å². The van der Waals surface area contributed by atoms with Crippen molar-refractivity contribution in [1.29, 1.82) is 0 Å². The molecule has 8 heavy (non-hydrogen) atoms. The first-order valence-corrected chi connectivity index (χ1v) is 3.56. The third kappa shape index (κ3) is 4.20. The van der Waals surface area contributed by atoms with Gasteiger partial charge in [-0.2, -0.15) is 0 Å². The fourth-order valence-corrected chi connectivity index (χ4v) is 0.554. The van der Waals surface area contributed by atoms with E-state index < -0.39 is 0 Å². The van der Waals surface area contributed by atoms with Crippen LogP contribution in [-0.2, 0) is 0 Å². The zero-order chi connectivity index (χ0) is 6.41. The summed E-state index contributed by atoms with van der Waals surface area (Å²) in [5, 5.41) is 0. The molecule has 0 unspecified atom stereocenters. The van der Waals surface area contributed by atoms with Gasteiger partial charge in [0.15, 0.2) is 0 Å². The highest BCUT2D eigenvalue weighted by Crippen LogP contribution is 1.98. The van der Waals surface area contributed by atoms with Crippen LogP contribution in [0.5, 0.6) is 0 Å². The van der Waals surface area contributed by atoms with Crippen molar-refractivity contribution in [1.82, 2.24) is 0 Å². The highest BCUT2D eigenvalue weighted by Gasteiger charge is 1.81. The van der Waals surface area contributed by atoms with Crippen LogP contribution < -0.4 is 0 Å². The molecule has 0 aromatic carbocycles. The maximum Gasteiger partial charge on any atom is 0.0430 e. The summed E-state index contributed by atoms with van der Waals surface area (Å²) in [4.78, 5) is 0. The minimum atomic E-state index is 0.681. The number of hydrogen-bond acceptors (Lipinski definition) is 0. The Labute approximate surface area is 56.5 Å². The van der Waals surface area contributed by atoms with E-state index in [4.69, 9.17) is 11.6 Å². The standard InChI is InChI=1S/C7H13Cl/c1-3-4-5-7(2)6-8/h5H,3-4,6H2,1-2H3/b7-5+. The first-order valence-electron chi connectivity index (χ1n) is 3.02. The minimum absolute atomic E-state index is 0.681. The van der Waals surface area contributed by atoms with Crippen molar-refractivity contribution in [3.05, 3.63) is 11.6 Å². The summed E-state index contributed by atoms with van der Waals surface area (Å²) in [6, 6.07) is 0. The van der Waals surface area contributed by atoms with Crippen molar-refractivity contribution in [3.8, 4) is 0 Å². The van der Waals surface area contributed by atoms with Gasteiger partial charge in [0.05, 0.1) is 0 Å². The van der Waals surface area contributed by atoms with Crippen molar-refractivity contribution in [3.63, 3.8) is 0 Å². The monoisotopic (exact) mass is 132 g/mol. The molecule has 0 saturated carbocycles. The third-order valence-corrected chi connectivity index (χ3v) is 1.41. The van der Waals surface area contributed by atoms with E-state index in [-0.39, 0.29) is 0 Å². The highest BCUT2D eigenvalue weighted by molar-refractivity contribution is 6.19. The Morgan fingerprint density at radius 3 is 2.62 bits per heavy atom. The SMILES string of the molecule is CCC/C=C(\C)CCl. The Morgan fingerprint density at radius 1 is 1.62 bits per heavy atom. The number of halogens is 1. The van der Waals surface area contributed by atoms with Crippen LogP contribution in [0.25, 0.3) is 0 Å². The molecule has 0 N–H and O–H groups in total. The second-order valence-electron chi connectivity index (χ2n) is 1.97. The van der Waals surface area contributed by atoms with Crippen molar-refractivity contribution >= 4 is 11.6 Å². The number of hydrogen-bond donors (Lipinski definition) is 0. The molecule has 1 heteroatoms. The minimum Gasteiger partial charge on any atom is -0.122 e. The number of allylic oxidation sites excluding steroid dienone is 2. The molecule has 0 atom stereocenters. The highest BCUT2D eigenvalue weighted by atomic mass is 35.5. The van der Waals surface area contributed by atoms with Gasteiger partial charge in [0.25, 0.3) is 0 Å². The van der Waals surface area contributed by atoms with E-state index in [1.807, 2.05) is 0 Å². The molecule has 0 radical (unpaired) electrons. The summed E-state index contributed by atoms with van der Waals surface area (Å²) in [5.41, 5.74) is 1.29. The summed E-state index contributed by atoms with van der Waals surface area (Å²) in [5.74, 6) is 0.681. The Morgan fingerprint density at radius 2 is 2.25 bits per heavy atom. The predicted molar refractivity (Wildman–Crippen MR) is 39.4 cm³/mol. The summed E-state index contributed by atoms with van der Waals surface area (Å²) >= 11 is 5.52. The predicted octanol–water partition coefficient (Wildman–Crippen LogP) is 2.97. The molecular weight excluding hydrogens is 120 g/mol. The summed E-state index contributed by atoms with van der Waals surface area (Å²) in [6.07, 6.45) is 4.57. The Balaban J connectivity index is 3.26. The van der Waals surface area contributed by atoms with Crippen molar-refractivity contribution in [2.45, 2.75) is 26.7 Å². The van der Waals surface area contributed by atoms with Gasteiger partial charge >= 0.3 is 0 Å². The van der Waals surface area contributed by atoms with Gasteiger partial charge in [-0.05, 0) is 13.3 Å². The fraction of sp³-hybridized carbons (Fsp3) is 0.714. The lowest BCUT2D eigenvalue weighted by atomic mass is 10.2. The molecule has 0 nitrogen and oxygen atoms in total. The van der Waals surface area contributed by atoms with Gasteiger partial charge in [-0.3, -0.25) is 0 Å². The zero-order valence-electron chi connectivity index (χ0n) is 5.58. The van der Waals surface area contributed by atoms with Crippen molar-refractivity contribution in [2.24, 2.45) is 0 Å². The van der Waals surface area contributed by atoms with Crippen LogP contribution in [0.15, 0.2) is 11.6 Å². The Bertz CT molecular complexity index is 74.5. The Hall–Kier alpha value is 0.0300. The van der Waals surface area contributed by atoms with Gasteiger partial charge in [0, 0.05) is 5.88 Å². The first-order chi connectivity index (χ1) is 3.81. The molecular formula is C7H13Cl. The number of unbranched alkanes of at least 4 members (excludes halogenated alkanes) is 1. The lowest BCUT2D eigenvalue weighted by Crippen LogP contribution is -1.74. The van der Waals surface area contributed by atoms with E-state index in [9.17, 15) is 0 Å². The van der Waals surface area contributed by atoms with Gasteiger partial charge in [-0.15, -0.1) is 11.6 Å². The van der Waals surface area contributed by atoms with E-state index in [1.54, 1.807) is 0 Å². The molecule has 0 saturated heterocycles. The van der Waals surface area contributed by atoms with Gasteiger partial charge in [-0.25, -0.2) is 0 Å². The molecule has 0 aliphatic carbocycles. The smallest absolute Gasteiger partial charge is 0.0430 e. The topological polar surface area (TPSA) is 0 Å². The maximum atomic E-state index is 5.52. The normalized spacial score (nSPS) is 12.1. The lowest BCUT2D eigenvalue weighted by molar-refractivity contribution is 0.949. The Kier molecular flexibility index (Phi) is 5.19. The van der Waals surface area contributed by atoms with Crippen LogP contribution >= 0.6 is 11.6 Å². The van der Waals surface area contributed by atoms with Crippen molar-refractivity contribution in [2.75, 3.05) is 5.88 Å². The van der Waals surface area contributed by atoms with Crippen LogP contribution in [0.4, 0.5) is 0 Å². The molecule has 0 amide bonds. The summed E-state index contributed by atoms with van der Waals surface area (Å²) < 4.78 is 0. The van der Waals surface area contributed by atoms with E-state index in [0.29, 0.717) is 5.88 Å². The molecule has 0 bridgehead atoms. The first kappa shape index (κ1) is 8.03. The van der Waals surface area contributed by atoms with Crippen LogP contribution in [0.3, 0.4) is 0 Å². The van der Waals surface area contributed by atoms with E-state index in [0.717, 1.165) is 0 Å². The van der Waals surface area contributed by atoms with Gasteiger partial charge in [-0.1, -0.05) is 25.0 Å². The quantitative estimate of drug-likeness (QED) is 0.409. The molecule has 0 aromatic heterocycles. The molecule has 0 aromatic rings. The lowest BCUT2D eigenvalue weighted by Gasteiger charge is -1.89. The average Bonchev–Trinajstić information content (AvgIpc) is 1.83. The number of alkyl halides is 1. The van der Waals surface area contributed by atoms with E-state index >= 15 is 0 Å². The van der Waals surface area contributed by atoms with Crippen LogP contribution in [0.2, 0.25) is 0 Å². The average molecular weight is 133 g/mol. The maximum absolute atomic E-state index is 5.52. The van der Waals surface area contributed by atoms with E-state index in [2.05, 4.69) is 19.9 Å². The van der Waals surface area contributed by atoms with Gasteiger partial charge < -0.3 is 0 Å². The van der Waals surface area contributed by atoms with Crippen LogP contribution in [0.1, 0.15) is 26.7 Å². The summed E-state index contributed by atoms with van der Waals surface area (Å²) in [7, 11) is 0. The molecule has 0 spiro atoms. The second-order valence-corrected chi connectivity index (χ2v) is 2.24.